The highest BCUT2D eigenvalue weighted by Gasteiger charge is 2.15. The molecule has 1 N–H and O–H groups in total. The van der Waals surface area contributed by atoms with Crippen LogP contribution in [0, 0.1) is 0 Å². The van der Waals surface area contributed by atoms with Crippen LogP contribution >= 0.6 is 0 Å². The highest BCUT2D eigenvalue weighted by Crippen LogP contribution is 2.36. The monoisotopic (exact) mass is 286 g/mol. The van der Waals surface area contributed by atoms with Gasteiger partial charge in [0, 0.05) is 17.6 Å². The standard InChI is InChI=1S/C17H22N2O2/c1-3-5-13(4-2)19-17-14-11-16-15(20-8-9-21-16)10-12(14)6-7-18-17/h6-7,10-11,13H,3-5,8-9H2,1-2H3,(H,18,19). The van der Waals surface area contributed by atoms with E-state index in [-0.39, 0.29) is 0 Å². The molecule has 0 aliphatic carbocycles. The Bertz CT molecular complexity index is 627. The molecule has 2 heterocycles. The first kappa shape index (κ1) is 14.0. The van der Waals surface area contributed by atoms with Gasteiger partial charge in [-0.25, -0.2) is 4.98 Å². The molecule has 3 rings (SSSR count). The molecule has 4 heteroatoms. The minimum Gasteiger partial charge on any atom is -0.486 e. The van der Waals surface area contributed by atoms with Crippen molar-refractivity contribution in [3.63, 3.8) is 0 Å². The number of rotatable bonds is 5. The van der Waals surface area contributed by atoms with Crippen molar-refractivity contribution in [1.82, 2.24) is 4.98 Å². The molecule has 0 amide bonds. The van der Waals surface area contributed by atoms with E-state index in [1.807, 2.05) is 24.4 Å². The minimum absolute atomic E-state index is 0.460. The second-order valence-electron chi connectivity index (χ2n) is 5.41. The number of nitrogens with zero attached hydrogens (tertiary/aromatic N) is 1. The lowest BCUT2D eigenvalue weighted by atomic mass is 10.1. The van der Waals surface area contributed by atoms with Crippen LogP contribution in [-0.2, 0) is 0 Å². The predicted molar refractivity (Wildman–Crippen MR) is 85.3 cm³/mol. The lowest BCUT2D eigenvalue weighted by Crippen LogP contribution is -2.19. The summed E-state index contributed by atoms with van der Waals surface area (Å²) in [6, 6.07) is 6.55. The molecule has 0 radical (unpaired) electrons. The van der Waals surface area contributed by atoms with Gasteiger partial charge in [-0.3, -0.25) is 0 Å². The van der Waals surface area contributed by atoms with Gasteiger partial charge in [0.05, 0.1) is 0 Å². The van der Waals surface area contributed by atoms with Crippen LogP contribution in [0.25, 0.3) is 10.8 Å². The summed E-state index contributed by atoms with van der Waals surface area (Å²) in [5.74, 6) is 2.57. The molecule has 0 saturated carbocycles. The number of aromatic nitrogens is 1. The number of hydrogen-bond donors (Lipinski definition) is 1. The minimum atomic E-state index is 0.460. The zero-order chi connectivity index (χ0) is 14.7. The summed E-state index contributed by atoms with van der Waals surface area (Å²) in [5, 5.41) is 5.79. The third-order valence-electron chi connectivity index (χ3n) is 3.90. The van der Waals surface area contributed by atoms with Crippen molar-refractivity contribution in [3.8, 4) is 11.5 Å². The zero-order valence-electron chi connectivity index (χ0n) is 12.7. The van der Waals surface area contributed by atoms with Gasteiger partial charge in [0.1, 0.15) is 19.0 Å². The van der Waals surface area contributed by atoms with E-state index in [0.29, 0.717) is 19.3 Å². The number of pyridine rings is 1. The Morgan fingerprint density at radius 3 is 2.67 bits per heavy atom. The van der Waals surface area contributed by atoms with Gasteiger partial charge >= 0.3 is 0 Å². The number of anilines is 1. The predicted octanol–water partition coefficient (Wildman–Crippen LogP) is 4.00. The molecule has 4 nitrogen and oxygen atoms in total. The summed E-state index contributed by atoms with van der Waals surface area (Å²) < 4.78 is 11.3. The number of fused-ring (bicyclic) bond motifs is 2. The Morgan fingerprint density at radius 1 is 1.19 bits per heavy atom. The Morgan fingerprint density at radius 2 is 1.95 bits per heavy atom. The van der Waals surface area contributed by atoms with E-state index in [4.69, 9.17) is 9.47 Å². The molecule has 0 bridgehead atoms. The van der Waals surface area contributed by atoms with Crippen LogP contribution in [0.3, 0.4) is 0 Å². The normalized spacial score (nSPS) is 15.0. The molecule has 1 atom stereocenters. The molecule has 112 valence electrons. The maximum Gasteiger partial charge on any atom is 0.162 e. The SMILES string of the molecule is CCCC(CC)Nc1nccc2cc3c(cc12)OCCO3. The van der Waals surface area contributed by atoms with Crippen molar-refractivity contribution in [2.24, 2.45) is 0 Å². The fourth-order valence-electron chi connectivity index (χ4n) is 2.74. The average molecular weight is 286 g/mol. The van der Waals surface area contributed by atoms with Crippen LogP contribution in [0.5, 0.6) is 11.5 Å². The van der Waals surface area contributed by atoms with E-state index in [1.54, 1.807) is 0 Å². The quantitative estimate of drug-likeness (QED) is 0.902. The fourth-order valence-corrected chi connectivity index (χ4v) is 2.74. The molecule has 21 heavy (non-hydrogen) atoms. The van der Waals surface area contributed by atoms with Crippen molar-refractivity contribution < 1.29 is 9.47 Å². The first-order valence-electron chi connectivity index (χ1n) is 7.76. The van der Waals surface area contributed by atoms with Crippen LogP contribution in [-0.4, -0.2) is 24.2 Å². The summed E-state index contributed by atoms with van der Waals surface area (Å²) in [6.45, 7) is 5.64. The summed E-state index contributed by atoms with van der Waals surface area (Å²) in [7, 11) is 0. The average Bonchev–Trinajstić information content (AvgIpc) is 2.53. The Balaban J connectivity index is 1.98. The molecule has 1 aromatic heterocycles. The summed E-state index contributed by atoms with van der Waals surface area (Å²) in [6.07, 6.45) is 5.26. The maximum atomic E-state index is 5.68. The highest BCUT2D eigenvalue weighted by molar-refractivity contribution is 5.94. The molecule has 0 fully saturated rings. The van der Waals surface area contributed by atoms with Gasteiger partial charge in [-0.05, 0) is 36.4 Å². The molecule has 1 aliphatic heterocycles. The lowest BCUT2D eigenvalue weighted by molar-refractivity contribution is 0.172. The first-order chi connectivity index (χ1) is 10.3. The Labute approximate surface area is 125 Å². The van der Waals surface area contributed by atoms with E-state index >= 15 is 0 Å². The smallest absolute Gasteiger partial charge is 0.162 e. The van der Waals surface area contributed by atoms with Gasteiger partial charge in [-0.1, -0.05) is 20.3 Å². The van der Waals surface area contributed by atoms with Gasteiger partial charge in [0.25, 0.3) is 0 Å². The molecule has 1 aromatic carbocycles. The van der Waals surface area contributed by atoms with E-state index in [2.05, 4.69) is 24.1 Å². The zero-order valence-corrected chi connectivity index (χ0v) is 12.7. The largest absolute Gasteiger partial charge is 0.486 e. The maximum absolute atomic E-state index is 5.68. The van der Waals surface area contributed by atoms with Gasteiger partial charge < -0.3 is 14.8 Å². The van der Waals surface area contributed by atoms with Gasteiger partial charge in [-0.15, -0.1) is 0 Å². The Hall–Kier alpha value is -1.97. The fraction of sp³-hybridized carbons (Fsp3) is 0.471. The number of nitrogens with one attached hydrogen (secondary N) is 1. The summed E-state index contributed by atoms with van der Waals surface area (Å²) in [5.41, 5.74) is 0. The number of ether oxygens (including phenoxy) is 2. The van der Waals surface area contributed by atoms with Crippen molar-refractivity contribution in [2.45, 2.75) is 39.2 Å². The molecular weight excluding hydrogens is 264 g/mol. The molecule has 1 aliphatic rings. The summed E-state index contributed by atoms with van der Waals surface area (Å²) >= 11 is 0. The molecule has 1 unspecified atom stereocenters. The van der Waals surface area contributed by atoms with Crippen LogP contribution in [0.2, 0.25) is 0 Å². The lowest BCUT2D eigenvalue weighted by Gasteiger charge is -2.21. The van der Waals surface area contributed by atoms with E-state index in [1.165, 1.54) is 6.42 Å². The van der Waals surface area contributed by atoms with Crippen LogP contribution in [0.4, 0.5) is 5.82 Å². The van der Waals surface area contributed by atoms with Gasteiger partial charge in [-0.2, -0.15) is 0 Å². The Kier molecular flexibility index (Phi) is 4.13. The third-order valence-corrected chi connectivity index (χ3v) is 3.90. The second-order valence-corrected chi connectivity index (χ2v) is 5.41. The van der Waals surface area contributed by atoms with Gasteiger partial charge in [0.15, 0.2) is 11.5 Å². The van der Waals surface area contributed by atoms with E-state index in [0.717, 1.165) is 40.9 Å². The second kappa shape index (κ2) is 6.20. The van der Waals surface area contributed by atoms with Crippen LogP contribution in [0.1, 0.15) is 33.1 Å². The van der Waals surface area contributed by atoms with Gasteiger partial charge in [0.2, 0.25) is 0 Å². The van der Waals surface area contributed by atoms with Crippen molar-refractivity contribution >= 4 is 16.6 Å². The molecular formula is C17H22N2O2. The number of benzene rings is 1. The van der Waals surface area contributed by atoms with Crippen molar-refractivity contribution in [1.29, 1.82) is 0 Å². The highest BCUT2D eigenvalue weighted by atomic mass is 16.6. The summed E-state index contributed by atoms with van der Waals surface area (Å²) in [4.78, 5) is 4.52. The molecule has 0 spiro atoms. The van der Waals surface area contributed by atoms with Crippen molar-refractivity contribution in [3.05, 3.63) is 24.4 Å². The molecule has 0 saturated heterocycles. The first-order valence-corrected chi connectivity index (χ1v) is 7.76. The van der Waals surface area contributed by atoms with Crippen molar-refractivity contribution in [2.75, 3.05) is 18.5 Å². The van der Waals surface area contributed by atoms with Crippen LogP contribution in [0.15, 0.2) is 24.4 Å². The van der Waals surface area contributed by atoms with E-state index < -0.39 is 0 Å². The number of hydrogen-bond acceptors (Lipinski definition) is 4. The van der Waals surface area contributed by atoms with E-state index in [9.17, 15) is 0 Å². The molecule has 2 aromatic rings. The topological polar surface area (TPSA) is 43.4 Å². The third kappa shape index (κ3) is 2.89. The van der Waals surface area contributed by atoms with Crippen LogP contribution < -0.4 is 14.8 Å².